The summed E-state index contributed by atoms with van der Waals surface area (Å²) >= 11 is 0. The Morgan fingerprint density at radius 2 is 1.68 bits per heavy atom. The Labute approximate surface area is 242 Å². The quantitative estimate of drug-likeness (QED) is 0.394. The number of fused-ring (bicyclic) bond motifs is 3. The number of rotatable bonds is 7. The van der Waals surface area contributed by atoms with Crippen LogP contribution in [0.5, 0.6) is 0 Å². The first-order valence-corrected chi connectivity index (χ1v) is 15.3. The molecule has 2 saturated carbocycles. The number of aryl methyl sites for hydroxylation is 3. The average molecular weight is 555 g/mol. The van der Waals surface area contributed by atoms with E-state index in [1.165, 1.54) is 47.8 Å². The van der Waals surface area contributed by atoms with Gasteiger partial charge in [-0.15, -0.1) is 0 Å². The highest BCUT2D eigenvalue weighted by atomic mass is 16.2. The van der Waals surface area contributed by atoms with E-state index in [1.54, 1.807) is 6.92 Å². The first kappa shape index (κ1) is 27.8. The number of aromatic nitrogens is 2. The van der Waals surface area contributed by atoms with Crippen LogP contribution in [0.15, 0.2) is 47.3 Å². The lowest BCUT2D eigenvalue weighted by Crippen LogP contribution is -2.50. The van der Waals surface area contributed by atoms with Crippen LogP contribution in [0, 0.1) is 24.7 Å². The fourth-order valence-corrected chi connectivity index (χ4v) is 8.08. The van der Waals surface area contributed by atoms with E-state index < -0.39 is 11.9 Å². The van der Waals surface area contributed by atoms with Gasteiger partial charge in [-0.2, -0.15) is 0 Å². The Hall–Kier alpha value is -3.32. The normalized spacial score (nSPS) is 28.1. The number of imide groups is 1. The predicted octanol–water partition coefficient (Wildman–Crippen LogP) is 5.16. The third-order valence-corrected chi connectivity index (χ3v) is 9.76. The van der Waals surface area contributed by atoms with Crippen LogP contribution in [-0.2, 0) is 29.0 Å². The molecule has 0 spiro atoms. The highest BCUT2D eigenvalue weighted by Crippen LogP contribution is 2.46. The second-order valence-electron chi connectivity index (χ2n) is 13.3. The Kier molecular flexibility index (Phi) is 7.58. The summed E-state index contributed by atoms with van der Waals surface area (Å²) in [6.07, 6.45) is 8.80. The number of carbonyl (C=O) groups excluding carboxylic acids is 2. The molecule has 0 radical (unpaired) electrons. The standard InChI is InChI=1S/C34H42N4O3/c1-21-15-25-17-26(16-21)19-34(3,18-25)35-20-24-9-7-23(8-10-24)11-12-27-5-4-6-28-31(27)33(41)38(22(2)36-28)29-13-14-30(39)37-32(29)40/h4-10,21,25-26,29,35H,11-20H2,1-3H3,(H,37,39,40). The van der Waals surface area contributed by atoms with Crippen molar-refractivity contribution in [3.63, 3.8) is 0 Å². The largest absolute Gasteiger partial charge is 0.307 e. The average Bonchev–Trinajstić information content (AvgIpc) is 2.91. The molecule has 1 aliphatic heterocycles. The molecular formula is C34H42N4O3. The predicted molar refractivity (Wildman–Crippen MR) is 160 cm³/mol. The molecule has 2 aliphatic carbocycles. The lowest BCUT2D eigenvalue weighted by molar-refractivity contribution is -0.135. The van der Waals surface area contributed by atoms with Gasteiger partial charge in [0.15, 0.2) is 0 Å². The minimum atomic E-state index is -0.717. The summed E-state index contributed by atoms with van der Waals surface area (Å²) in [7, 11) is 0. The number of nitrogens with zero attached hydrogens (tertiary/aromatic N) is 2. The number of piperidine rings is 1. The zero-order chi connectivity index (χ0) is 28.7. The van der Waals surface area contributed by atoms with Crippen LogP contribution in [-0.4, -0.2) is 26.9 Å². The van der Waals surface area contributed by atoms with Gasteiger partial charge in [0.2, 0.25) is 11.8 Å². The molecular weight excluding hydrogens is 512 g/mol. The van der Waals surface area contributed by atoms with E-state index in [1.807, 2.05) is 18.2 Å². The SMILES string of the molecule is Cc1nc2cccc(CCc3ccc(CNC4(C)CC5CC(C)CC(C5)C4)cc3)c2c(=O)n1C1CCC(=O)NC1=O. The first-order chi connectivity index (χ1) is 19.7. The molecule has 1 saturated heterocycles. The van der Waals surface area contributed by atoms with E-state index in [4.69, 9.17) is 0 Å². The van der Waals surface area contributed by atoms with Gasteiger partial charge in [-0.3, -0.25) is 24.3 Å². The molecule has 6 rings (SSSR count). The number of nitrogens with one attached hydrogen (secondary N) is 2. The maximum Gasteiger partial charge on any atom is 0.262 e. The minimum absolute atomic E-state index is 0.214. The van der Waals surface area contributed by atoms with Crippen LogP contribution in [0.1, 0.15) is 87.3 Å². The maximum atomic E-state index is 13.7. The van der Waals surface area contributed by atoms with Crippen molar-refractivity contribution in [3.8, 4) is 0 Å². The summed E-state index contributed by atoms with van der Waals surface area (Å²) < 4.78 is 1.47. The molecule has 2 heterocycles. The lowest BCUT2D eigenvalue weighted by Gasteiger charge is -2.47. The third kappa shape index (κ3) is 5.87. The van der Waals surface area contributed by atoms with Crippen molar-refractivity contribution in [1.82, 2.24) is 20.2 Å². The van der Waals surface area contributed by atoms with Gasteiger partial charge in [-0.25, -0.2) is 4.98 Å². The van der Waals surface area contributed by atoms with Gasteiger partial charge < -0.3 is 5.32 Å². The van der Waals surface area contributed by atoms with E-state index in [9.17, 15) is 14.4 Å². The molecule has 3 fully saturated rings. The van der Waals surface area contributed by atoms with Crippen LogP contribution in [0.25, 0.3) is 10.9 Å². The number of benzene rings is 2. The summed E-state index contributed by atoms with van der Waals surface area (Å²) in [4.78, 5) is 42.6. The summed E-state index contributed by atoms with van der Waals surface area (Å²) in [6, 6.07) is 13.9. The van der Waals surface area contributed by atoms with E-state index >= 15 is 0 Å². The number of amides is 2. The number of hydrogen-bond acceptors (Lipinski definition) is 5. The molecule has 3 unspecified atom stereocenters. The summed E-state index contributed by atoms with van der Waals surface area (Å²) in [5.74, 6) is 2.38. The second-order valence-corrected chi connectivity index (χ2v) is 13.3. The summed E-state index contributed by atoms with van der Waals surface area (Å²) in [6.45, 7) is 7.48. The van der Waals surface area contributed by atoms with Crippen molar-refractivity contribution < 1.29 is 9.59 Å². The second kappa shape index (κ2) is 11.2. The van der Waals surface area contributed by atoms with Gasteiger partial charge in [0.25, 0.3) is 5.56 Å². The number of hydrogen-bond donors (Lipinski definition) is 2. The molecule has 2 bridgehead atoms. The highest BCUT2D eigenvalue weighted by Gasteiger charge is 2.40. The van der Waals surface area contributed by atoms with Crippen molar-refractivity contribution in [2.75, 3.05) is 0 Å². The first-order valence-electron chi connectivity index (χ1n) is 15.3. The zero-order valence-corrected chi connectivity index (χ0v) is 24.5. The van der Waals surface area contributed by atoms with Crippen molar-refractivity contribution in [2.24, 2.45) is 17.8 Å². The highest BCUT2D eigenvalue weighted by molar-refractivity contribution is 5.99. The van der Waals surface area contributed by atoms with E-state index in [-0.39, 0.29) is 23.4 Å². The smallest absolute Gasteiger partial charge is 0.262 e. The fraction of sp³-hybridized carbons (Fsp3) is 0.529. The molecule has 3 aromatic rings. The minimum Gasteiger partial charge on any atom is -0.307 e. The monoisotopic (exact) mass is 554 g/mol. The van der Waals surface area contributed by atoms with Crippen molar-refractivity contribution in [1.29, 1.82) is 0 Å². The molecule has 2 amide bonds. The van der Waals surface area contributed by atoms with Gasteiger partial charge in [0, 0.05) is 18.5 Å². The Morgan fingerprint density at radius 1 is 0.976 bits per heavy atom. The van der Waals surface area contributed by atoms with Crippen LogP contribution < -0.4 is 16.2 Å². The maximum absolute atomic E-state index is 13.7. The lowest BCUT2D eigenvalue weighted by atomic mass is 9.62. The van der Waals surface area contributed by atoms with Gasteiger partial charge in [-0.1, -0.05) is 43.3 Å². The molecule has 216 valence electrons. The van der Waals surface area contributed by atoms with E-state index in [0.717, 1.165) is 36.3 Å². The van der Waals surface area contributed by atoms with Crippen molar-refractivity contribution in [3.05, 3.63) is 75.3 Å². The Balaban J connectivity index is 1.13. The molecule has 2 N–H and O–H groups in total. The van der Waals surface area contributed by atoms with E-state index in [2.05, 4.69) is 53.7 Å². The molecule has 7 nitrogen and oxygen atoms in total. The van der Waals surface area contributed by atoms with Crippen LogP contribution >= 0.6 is 0 Å². The summed E-state index contributed by atoms with van der Waals surface area (Å²) in [5.41, 5.74) is 4.11. The van der Waals surface area contributed by atoms with E-state index in [0.29, 0.717) is 29.6 Å². The Morgan fingerprint density at radius 3 is 2.39 bits per heavy atom. The van der Waals surface area contributed by atoms with Crippen molar-refractivity contribution >= 4 is 22.7 Å². The topological polar surface area (TPSA) is 93.1 Å². The van der Waals surface area contributed by atoms with Gasteiger partial charge in [0.05, 0.1) is 10.9 Å². The van der Waals surface area contributed by atoms with Crippen LogP contribution in [0.3, 0.4) is 0 Å². The number of carbonyl (C=O) groups is 2. The zero-order valence-electron chi connectivity index (χ0n) is 24.5. The molecule has 3 aliphatic rings. The van der Waals surface area contributed by atoms with Crippen molar-refractivity contribution in [2.45, 2.75) is 96.7 Å². The van der Waals surface area contributed by atoms with Gasteiger partial charge >= 0.3 is 0 Å². The molecule has 3 atom stereocenters. The molecule has 41 heavy (non-hydrogen) atoms. The Bertz CT molecular complexity index is 1510. The molecule has 2 aromatic carbocycles. The fourth-order valence-electron chi connectivity index (χ4n) is 8.08. The summed E-state index contributed by atoms with van der Waals surface area (Å²) in [5, 5.41) is 6.84. The van der Waals surface area contributed by atoms with Crippen LogP contribution in [0.2, 0.25) is 0 Å². The van der Waals surface area contributed by atoms with Gasteiger partial charge in [0.1, 0.15) is 11.9 Å². The molecule has 1 aromatic heterocycles. The molecule has 7 heteroatoms. The van der Waals surface area contributed by atoms with Gasteiger partial charge in [-0.05, 0) is 106 Å². The van der Waals surface area contributed by atoms with Crippen LogP contribution in [0.4, 0.5) is 0 Å². The third-order valence-electron chi connectivity index (χ3n) is 9.76.